The van der Waals surface area contributed by atoms with Gasteiger partial charge in [0.2, 0.25) is 0 Å². The van der Waals surface area contributed by atoms with Crippen LogP contribution in [0.15, 0.2) is 83.9 Å². The molecule has 0 fully saturated rings. The Kier molecular flexibility index (Phi) is 7.43. The number of amides is 1. The molecule has 0 radical (unpaired) electrons. The van der Waals surface area contributed by atoms with E-state index in [4.69, 9.17) is 14.5 Å². The zero-order valence-electron chi connectivity index (χ0n) is 20.2. The van der Waals surface area contributed by atoms with Crippen molar-refractivity contribution in [2.75, 3.05) is 12.4 Å². The number of fused-ring (bicyclic) bond motifs is 1. The first-order chi connectivity index (χ1) is 17.7. The third-order valence-corrected chi connectivity index (χ3v) is 7.37. The second kappa shape index (κ2) is 11.2. The van der Waals surface area contributed by atoms with E-state index in [2.05, 4.69) is 5.32 Å². The summed E-state index contributed by atoms with van der Waals surface area (Å²) < 4.78 is 11.5. The molecule has 4 aromatic rings. The number of methoxy groups -OCH3 is 1. The van der Waals surface area contributed by atoms with Crippen molar-refractivity contribution in [2.24, 2.45) is 4.99 Å². The molecule has 36 heavy (non-hydrogen) atoms. The van der Waals surface area contributed by atoms with Gasteiger partial charge in [-0.2, -0.15) is 0 Å². The number of ether oxygens (including phenoxy) is 2. The summed E-state index contributed by atoms with van der Waals surface area (Å²) in [6.07, 6.45) is 5.96. The lowest BCUT2D eigenvalue weighted by atomic mass is 9.95. The third-order valence-electron chi connectivity index (χ3n) is 6.17. The Labute approximate surface area is 215 Å². The highest BCUT2D eigenvalue weighted by Gasteiger charge is 2.25. The number of carbonyl (C=O) groups excluding carboxylic acids is 1. The van der Waals surface area contributed by atoms with Crippen molar-refractivity contribution in [3.8, 4) is 11.5 Å². The van der Waals surface area contributed by atoms with E-state index in [0.29, 0.717) is 23.7 Å². The number of aryl methyl sites for hydroxylation is 1. The molecule has 0 saturated heterocycles. The van der Waals surface area contributed by atoms with E-state index in [1.807, 2.05) is 78.9 Å². The lowest BCUT2D eigenvalue weighted by molar-refractivity contribution is 0.102. The topological polar surface area (TPSA) is 59.9 Å². The smallest absolute Gasteiger partial charge is 0.259 e. The number of hydrogen-bond donors (Lipinski definition) is 1. The summed E-state index contributed by atoms with van der Waals surface area (Å²) in [5.41, 5.74) is 4.59. The fraction of sp³-hybridized carbons (Fsp3) is 0.200. The monoisotopic (exact) mass is 496 g/mol. The predicted octanol–water partition coefficient (Wildman–Crippen LogP) is 7.22. The van der Waals surface area contributed by atoms with Gasteiger partial charge < -0.3 is 14.8 Å². The Morgan fingerprint density at radius 1 is 0.972 bits per heavy atom. The number of rotatable bonds is 8. The van der Waals surface area contributed by atoms with E-state index in [0.717, 1.165) is 53.1 Å². The molecule has 1 aromatic heterocycles. The number of aliphatic imine (C=N–C) groups is 1. The Morgan fingerprint density at radius 3 is 2.50 bits per heavy atom. The number of hydrogen-bond acceptors (Lipinski definition) is 5. The molecule has 0 unspecified atom stereocenters. The molecular weight excluding hydrogens is 468 g/mol. The first-order valence-corrected chi connectivity index (χ1v) is 12.9. The van der Waals surface area contributed by atoms with Crippen LogP contribution < -0.4 is 14.8 Å². The summed E-state index contributed by atoms with van der Waals surface area (Å²) in [5.74, 6) is 1.21. The summed E-state index contributed by atoms with van der Waals surface area (Å²) in [6, 6.07) is 25.3. The second-order valence-corrected chi connectivity index (χ2v) is 9.74. The van der Waals surface area contributed by atoms with Crippen molar-refractivity contribution in [3.63, 3.8) is 0 Å². The largest absolute Gasteiger partial charge is 0.493 e. The van der Waals surface area contributed by atoms with Crippen LogP contribution in [0.3, 0.4) is 0 Å². The summed E-state index contributed by atoms with van der Waals surface area (Å²) in [4.78, 5) is 19.3. The third kappa shape index (κ3) is 5.50. The molecule has 1 heterocycles. The van der Waals surface area contributed by atoms with Crippen LogP contribution >= 0.6 is 11.3 Å². The van der Waals surface area contributed by atoms with Gasteiger partial charge in [0, 0.05) is 16.8 Å². The number of nitrogens with one attached hydrogen (secondary N) is 1. The lowest BCUT2D eigenvalue weighted by Gasteiger charge is -2.13. The van der Waals surface area contributed by atoms with Crippen LogP contribution in [-0.2, 0) is 19.4 Å². The Morgan fingerprint density at radius 2 is 1.72 bits per heavy atom. The van der Waals surface area contributed by atoms with E-state index in [-0.39, 0.29) is 5.91 Å². The normalized spacial score (nSPS) is 12.8. The van der Waals surface area contributed by atoms with Gasteiger partial charge in [0.15, 0.2) is 11.5 Å². The standard InChI is InChI=1S/C30H28N2O3S/c1-34-26-18-22(16-17-25(26)35-20-21-10-4-2-5-11-21)19-31-30-28(24-14-8-9-15-27(24)36-30)29(33)32-23-12-6-3-7-13-23/h2-7,10-13,16-19H,8-9,14-15,20H2,1H3,(H,32,33)/b31-19-. The molecule has 0 aliphatic heterocycles. The number of para-hydroxylation sites is 1. The molecule has 0 saturated carbocycles. The zero-order valence-corrected chi connectivity index (χ0v) is 21.0. The van der Waals surface area contributed by atoms with Gasteiger partial charge in [-0.1, -0.05) is 48.5 Å². The minimum absolute atomic E-state index is 0.102. The molecule has 182 valence electrons. The number of nitrogens with zero attached hydrogens (tertiary/aromatic N) is 1. The molecule has 0 atom stereocenters. The van der Waals surface area contributed by atoms with Crippen molar-refractivity contribution < 1.29 is 14.3 Å². The highest BCUT2D eigenvalue weighted by atomic mass is 32.1. The fourth-order valence-corrected chi connectivity index (χ4v) is 5.57. The minimum Gasteiger partial charge on any atom is -0.493 e. The first kappa shape index (κ1) is 23.8. The van der Waals surface area contributed by atoms with Crippen molar-refractivity contribution >= 4 is 34.1 Å². The first-order valence-electron chi connectivity index (χ1n) is 12.1. The van der Waals surface area contributed by atoms with Crippen LogP contribution in [0, 0.1) is 0 Å². The fourth-order valence-electron chi connectivity index (χ4n) is 4.34. The average molecular weight is 497 g/mol. The maximum atomic E-state index is 13.3. The van der Waals surface area contributed by atoms with Gasteiger partial charge in [-0.15, -0.1) is 11.3 Å². The highest BCUT2D eigenvalue weighted by molar-refractivity contribution is 7.16. The van der Waals surface area contributed by atoms with Crippen molar-refractivity contribution in [3.05, 3.63) is 106 Å². The highest BCUT2D eigenvalue weighted by Crippen LogP contribution is 2.40. The SMILES string of the molecule is COc1cc(/C=N\c2sc3c(c2C(=O)Nc2ccccc2)CCCC3)ccc1OCc1ccccc1. The van der Waals surface area contributed by atoms with Gasteiger partial charge >= 0.3 is 0 Å². The maximum absolute atomic E-state index is 13.3. The van der Waals surface area contributed by atoms with E-state index >= 15 is 0 Å². The number of carbonyl (C=O) groups is 1. The second-order valence-electron chi connectivity index (χ2n) is 8.65. The molecule has 0 spiro atoms. The summed E-state index contributed by atoms with van der Waals surface area (Å²) in [6.45, 7) is 0.464. The zero-order chi connectivity index (χ0) is 24.7. The van der Waals surface area contributed by atoms with Gasteiger partial charge in [-0.05, 0) is 72.7 Å². The van der Waals surface area contributed by atoms with Gasteiger partial charge in [-0.25, -0.2) is 4.99 Å². The number of anilines is 1. The number of thiophene rings is 1. The molecule has 6 heteroatoms. The number of benzene rings is 3. The summed E-state index contributed by atoms with van der Waals surface area (Å²) in [7, 11) is 1.63. The van der Waals surface area contributed by atoms with Crippen LogP contribution in [0.4, 0.5) is 10.7 Å². The van der Waals surface area contributed by atoms with Gasteiger partial charge in [0.05, 0.1) is 12.7 Å². The van der Waals surface area contributed by atoms with Crippen LogP contribution in [0.2, 0.25) is 0 Å². The molecule has 3 aromatic carbocycles. The van der Waals surface area contributed by atoms with Crippen LogP contribution in [-0.4, -0.2) is 19.2 Å². The van der Waals surface area contributed by atoms with E-state index in [1.54, 1.807) is 24.7 Å². The Bertz CT molecular complexity index is 1360. The van der Waals surface area contributed by atoms with Crippen molar-refractivity contribution in [1.82, 2.24) is 0 Å². The van der Waals surface area contributed by atoms with E-state index < -0.39 is 0 Å². The van der Waals surface area contributed by atoms with Gasteiger partial charge in [-0.3, -0.25) is 4.79 Å². The summed E-state index contributed by atoms with van der Waals surface area (Å²) in [5, 5.41) is 3.79. The predicted molar refractivity (Wildman–Crippen MR) is 146 cm³/mol. The molecular formula is C30H28N2O3S. The lowest BCUT2D eigenvalue weighted by Crippen LogP contribution is -2.14. The van der Waals surface area contributed by atoms with Crippen LogP contribution in [0.25, 0.3) is 0 Å². The van der Waals surface area contributed by atoms with Gasteiger partial charge in [0.25, 0.3) is 5.91 Å². The summed E-state index contributed by atoms with van der Waals surface area (Å²) >= 11 is 1.62. The molecule has 5 nitrogen and oxygen atoms in total. The van der Waals surface area contributed by atoms with E-state index in [9.17, 15) is 4.79 Å². The van der Waals surface area contributed by atoms with Crippen LogP contribution in [0.5, 0.6) is 11.5 Å². The Hall–Kier alpha value is -3.90. The molecule has 1 aliphatic rings. The average Bonchev–Trinajstić information content (AvgIpc) is 3.30. The molecule has 1 N–H and O–H groups in total. The quantitative estimate of drug-likeness (QED) is 0.262. The molecule has 0 bridgehead atoms. The minimum atomic E-state index is -0.102. The Balaban J connectivity index is 1.38. The molecule has 1 aliphatic carbocycles. The maximum Gasteiger partial charge on any atom is 0.259 e. The van der Waals surface area contributed by atoms with E-state index in [1.165, 1.54) is 4.88 Å². The van der Waals surface area contributed by atoms with Gasteiger partial charge in [0.1, 0.15) is 11.6 Å². The van der Waals surface area contributed by atoms with Crippen LogP contribution in [0.1, 0.15) is 44.8 Å². The molecule has 1 amide bonds. The van der Waals surface area contributed by atoms with Crippen molar-refractivity contribution in [1.29, 1.82) is 0 Å². The molecule has 5 rings (SSSR count). The van der Waals surface area contributed by atoms with Crippen molar-refractivity contribution in [2.45, 2.75) is 32.3 Å².